The summed E-state index contributed by atoms with van der Waals surface area (Å²) < 4.78 is 4.41. The van der Waals surface area contributed by atoms with E-state index in [0.717, 1.165) is 12.8 Å². The Kier molecular flexibility index (Phi) is 5.53. The van der Waals surface area contributed by atoms with E-state index in [0.29, 0.717) is 0 Å². The van der Waals surface area contributed by atoms with E-state index in [-0.39, 0.29) is 0 Å². The van der Waals surface area contributed by atoms with Gasteiger partial charge in [-0.3, -0.25) is 0 Å². The highest BCUT2D eigenvalue weighted by Crippen LogP contribution is 2.19. The molecule has 0 fully saturated rings. The van der Waals surface area contributed by atoms with Gasteiger partial charge in [-0.25, -0.2) is 0 Å². The fraction of sp³-hybridized carbons (Fsp3) is 0.185. The van der Waals surface area contributed by atoms with Crippen LogP contribution in [0.2, 0.25) is 0 Å². The zero-order valence-electron chi connectivity index (χ0n) is 17.5. The number of hydrogen-bond acceptors (Lipinski definition) is 0. The summed E-state index contributed by atoms with van der Waals surface area (Å²) in [5.74, 6) is 0. The monoisotopic (exact) mass is 380 g/mol. The summed E-state index contributed by atoms with van der Waals surface area (Å²) in [4.78, 5) is 0. The van der Waals surface area contributed by atoms with Crippen LogP contribution in [0, 0.1) is 6.92 Å². The molecule has 0 radical (unpaired) electrons. The van der Waals surface area contributed by atoms with Crippen molar-refractivity contribution >= 4 is 0 Å². The number of nitrogens with zero attached hydrogens (tertiary/aromatic N) is 2. The van der Waals surface area contributed by atoms with Crippen LogP contribution in [0.15, 0.2) is 91.5 Å². The Labute approximate surface area is 173 Å². The van der Waals surface area contributed by atoms with Crippen LogP contribution in [-0.2, 0) is 12.8 Å². The predicted molar refractivity (Wildman–Crippen MR) is 118 cm³/mol. The van der Waals surface area contributed by atoms with E-state index in [9.17, 15) is 0 Å². The first-order chi connectivity index (χ1) is 14.2. The maximum Gasteiger partial charge on any atom is 0.216 e. The van der Waals surface area contributed by atoms with Gasteiger partial charge in [0.2, 0.25) is 11.4 Å². The summed E-state index contributed by atoms with van der Waals surface area (Å²) in [6.07, 6.45) is 10.7. The molecule has 29 heavy (non-hydrogen) atoms. The number of para-hydroxylation sites is 1. The number of aryl methyl sites for hydroxylation is 3. The van der Waals surface area contributed by atoms with Crippen molar-refractivity contribution in [1.82, 2.24) is 0 Å². The van der Waals surface area contributed by atoms with Crippen molar-refractivity contribution in [3.8, 4) is 22.5 Å². The third-order valence-electron chi connectivity index (χ3n) is 5.55. The summed E-state index contributed by atoms with van der Waals surface area (Å²) >= 11 is 0. The lowest BCUT2D eigenvalue weighted by molar-refractivity contribution is -0.596. The van der Waals surface area contributed by atoms with E-state index >= 15 is 0 Å². The highest BCUT2D eigenvalue weighted by molar-refractivity contribution is 5.61. The van der Waals surface area contributed by atoms with E-state index in [2.05, 4.69) is 121 Å². The third-order valence-corrected chi connectivity index (χ3v) is 5.55. The molecule has 4 rings (SSSR count). The Bertz CT molecular complexity index is 1070. The SMILES string of the molecule is CCc1cccc(CC)c1-[n+]1ccc(-c2cc[n+](-c3ccc(C)cc3)cc2)cc1. The smallest absolute Gasteiger partial charge is 0.167 e. The molecule has 0 N–H and O–H groups in total. The van der Waals surface area contributed by atoms with Gasteiger partial charge in [-0.15, -0.1) is 0 Å². The van der Waals surface area contributed by atoms with Crippen molar-refractivity contribution < 1.29 is 9.13 Å². The second kappa shape index (κ2) is 8.40. The number of aromatic nitrogens is 2. The van der Waals surface area contributed by atoms with Gasteiger partial charge in [-0.2, -0.15) is 9.13 Å². The number of hydrogen-bond donors (Lipinski definition) is 0. The molecule has 0 saturated heterocycles. The molecule has 2 aromatic heterocycles. The molecule has 0 spiro atoms. The minimum atomic E-state index is 1.04. The molecular weight excluding hydrogens is 352 g/mol. The van der Waals surface area contributed by atoms with Crippen molar-refractivity contribution in [3.05, 3.63) is 108 Å². The van der Waals surface area contributed by atoms with Crippen LogP contribution in [0.1, 0.15) is 30.5 Å². The predicted octanol–water partition coefficient (Wildman–Crippen LogP) is 5.34. The molecule has 0 aliphatic carbocycles. The van der Waals surface area contributed by atoms with E-state index in [1.807, 2.05) is 0 Å². The molecule has 2 aromatic carbocycles. The maximum absolute atomic E-state index is 2.26. The lowest BCUT2D eigenvalue weighted by Gasteiger charge is -2.08. The van der Waals surface area contributed by atoms with Gasteiger partial charge in [0, 0.05) is 47.5 Å². The first-order valence-electron chi connectivity index (χ1n) is 10.4. The van der Waals surface area contributed by atoms with Gasteiger partial charge < -0.3 is 0 Å². The lowest BCUT2D eigenvalue weighted by atomic mass is 10.0. The normalized spacial score (nSPS) is 10.9. The fourth-order valence-corrected chi connectivity index (χ4v) is 3.82. The Hall–Kier alpha value is -3.26. The summed E-state index contributed by atoms with van der Waals surface area (Å²) in [5.41, 5.74) is 9.01. The molecule has 0 atom stereocenters. The van der Waals surface area contributed by atoms with Gasteiger partial charge in [0.15, 0.2) is 24.8 Å². The van der Waals surface area contributed by atoms with Crippen molar-refractivity contribution in [3.63, 3.8) is 0 Å². The number of benzene rings is 2. The Morgan fingerprint density at radius 3 is 1.55 bits per heavy atom. The van der Waals surface area contributed by atoms with Crippen molar-refractivity contribution in [2.75, 3.05) is 0 Å². The molecule has 0 bridgehead atoms. The van der Waals surface area contributed by atoms with Crippen LogP contribution in [0.25, 0.3) is 22.5 Å². The van der Waals surface area contributed by atoms with Gasteiger partial charge in [0.25, 0.3) is 0 Å². The average molecular weight is 381 g/mol. The Balaban J connectivity index is 1.63. The highest BCUT2D eigenvalue weighted by Gasteiger charge is 2.16. The van der Waals surface area contributed by atoms with Gasteiger partial charge >= 0.3 is 0 Å². The lowest BCUT2D eigenvalue weighted by Crippen LogP contribution is -2.32. The van der Waals surface area contributed by atoms with Crippen LogP contribution in [0.4, 0.5) is 0 Å². The second-order valence-corrected chi connectivity index (χ2v) is 7.46. The minimum absolute atomic E-state index is 1.04. The third kappa shape index (κ3) is 3.97. The summed E-state index contributed by atoms with van der Waals surface area (Å²) in [6, 6.07) is 24.0. The summed E-state index contributed by atoms with van der Waals surface area (Å²) in [6.45, 7) is 6.56. The molecule has 2 heterocycles. The fourth-order valence-electron chi connectivity index (χ4n) is 3.82. The van der Waals surface area contributed by atoms with E-state index in [4.69, 9.17) is 0 Å². The van der Waals surface area contributed by atoms with Gasteiger partial charge in [0.05, 0.1) is 0 Å². The van der Waals surface area contributed by atoms with E-state index < -0.39 is 0 Å². The molecule has 0 unspecified atom stereocenters. The first kappa shape index (κ1) is 19.1. The van der Waals surface area contributed by atoms with Crippen molar-refractivity contribution in [1.29, 1.82) is 0 Å². The van der Waals surface area contributed by atoms with Gasteiger partial charge in [-0.05, 0) is 30.9 Å². The molecule has 144 valence electrons. The molecule has 4 aromatic rings. The van der Waals surface area contributed by atoms with Gasteiger partial charge in [-0.1, -0.05) is 49.7 Å². The molecular formula is C27H28N2+2. The molecule has 0 amide bonds. The van der Waals surface area contributed by atoms with Crippen molar-refractivity contribution in [2.24, 2.45) is 0 Å². The van der Waals surface area contributed by atoms with Crippen LogP contribution in [-0.4, -0.2) is 0 Å². The quantitative estimate of drug-likeness (QED) is 0.413. The largest absolute Gasteiger partial charge is 0.216 e. The van der Waals surface area contributed by atoms with Crippen LogP contribution in [0.5, 0.6) is 0 Å². The van der Waals surface area contributed by atoms with Crippen LogP contribution >= 0.6 is 0 Å². The second-order valence-electron chi connectivity index (χ2n) is 7.46. The average Bonchev–Trinajstić information content (AvgIpc) is 2.79. The minimum Gasteiger partial charge on any atom is -0.167 e. The zero-order chi connectivity index (χ0) is 20.2. The van der Waals surface area contributed by atoms with Crippen molar-refractivity contribution in [2.45, 2.75) is 33.6 Å². The Morgan fingerprint density at radius 1 is 0.586 bits per heavy atom. The molecule has 2 heteroatoms. The van der Waals surface area contributed by atoms with Crippen LogP contribution < -0.4 is 9.13 Å². The van der Waals surface area contributed by atoms with E-state index in [1.165, 1.54) is 39.2 Å². The van der Waals surface area contributed by atoms with Crippen LogP contribution in [0.3, 0.4) is 0 Å². The highest BCUT2D eigenvalue weighted by atomic mass is 14.9. The molecule has 0 aliphatic rings. The molecule has 0 aliphatic heterocycles. The number of pyridine rings is 2. The summed E-state index contributed by atoms with van der Waals surface area (Å²) in [5, 5.41) is 0. The van der Waals surface area contributed by atoms with E-state index in [1.54, 1.807) is 0 Å². The standard InChI is InChI=1S/C27H28N2/c1-4-22-7-6-8-23(5-2)27(22)29-19-15-25(16-20-29)24-13-17-28(18-14-24)26-11-9-21(3)10-12-26/h6-20H,4-5H2,1-3H3/q+2. The number of rotatable bonds is 5. The first-order valence-corrected chi connectivity index (χ1v) is 10.4. The Morgan fingerprint density at radius 2 is 1.07 bits per heavy atom. The molecule has 2 nitrogen and oxygen atoms in total. The molecule has 0 saturated carbocycles. The van der Waals surface area contributed by atoms with Gasteiger partial charge in [0.1, 0.15) is 0 Å². The maximum atomic E-state index is 2.26. The topological polar surface area (TPSA) is 7.76 Å². The summed E-state index contributed by atoms with van der Waals surface area (Å²) in [7, 11) is 0. The zero-order valence-corrected chi connectivity index (χ0v) is 17.5.